The van der Waals surface area contributed by atoms with Crippen molar-refractivity contribution in [2.24, 2.45) is 0 Å². The van der Waals surface area contributed by atoms with Gasteiger partial charge in [0.15, 0.2) is 5.84 Å². The lowest BCUT2D eigenvalue weighted by atomic mass is 9.91. The van der Waals surface area contributed by atoms with Crippen molar-refractivity contribution in [3.8, 4) is 0 Å². The molecule has 0 aliphatic carbocycles. The van der Waals surface area contributed by atoms with Gasteiger partial charge < -0.3 is 4.74 Å². The molecule has 30 heavy (non-hydrogen) atoms. The van der Waals surface area contributed by atoms with Gasteiger partial charge in [0.1, 0.15) is 22.3 Å². The molecule has 1 saturated heterocycles. The van der Waals surface area contributed by atoms with Crippen molar-refractivity contribution < 1.29 is 9.53 Å². The normalized spacial score (nSPS) is 17.6. The average Bonchev–Trinajstić information content (AvgIpc) is 2.98. The summed E-state index contributed by atoms with van der Waals surface area (Å²) in [6, 6.07) is 19.4. The van der Waals surface area contributed by atoms with Gasteiger partial charge in [-0.1, -0.05) is 41.9 Å². The Kier molecular flexibility index (Phi) is 4.91. The molecular formula is C22H20ClN5O2. The van der Waals surface area contributed by atoms with Gasteiger partial charge in [0.2, 0.25) is 0 Å². The highest BCUT2D eigenvalue weighted by Crippen LogP contribution is 2.43. The smallest absolute Gasteiger partial charge is 0.415 e. The molecular weight excluding hydrogens is 402 g/mol. The maximum Gasteiger partial charge on any atom is 0.415 e. The highest BCUT2D eigenvalue weighted by Gasteiger charge is 2.49. The van der Waals surface area contributed by atoms with Crippen LogP contribution in [-0.4, -0.2) is 27.3 Å². The van der Waals surface area contributed by atoms with E-state index in [0.29, 0.717) is 11.3 Å². The molecule has 1 fully saturated rings. The fraction of sp³-hybridized carbons (Fsp3) is 0.182. The van der Waals surface area contributed by atoms with Crippen LogP contribution in [-0.2, 0) is 4.74 Å². The Morgan fingerprint density at radius 3 is 2.40 bits per heavy atom. The fourth-order valence-electron chi connectivity index (χ4n) is 3.66. The molecule has 0 spiro atoms. The number of benzene rings is 2. The zero-order valence-corrected chi connectivity index (χ0v) is 17.2. The first-order valence-electron chi connectivity index (χ1n) is 9.35. The summed E-state index contributed by atoms with van der Waals surface area (Å²) in [6.45, 7) is 3.79. The fourth-order valence-corrected chi connectivity index (χ4v) is 3.80. The number of ether oxygens (including phenoxy) is 1. The lowest BCUT2D eigenvalue weighted by Gasteiger charge is -2.29. The summed E-state index contributed by atoms with van der Waals surface area (Å²) >= 11 is 5.91. The number of hydrogen-bond donors (Lipinski definition) is 2. The molecule has 1 unspecified atom stereocenters. The van der Waals surface area contributed by atoms with Gasteiger partial charge in [-0.25, -0.2) is 4.79 Å². The Morgan fingerprint density at radius 2 is 1.73 bits per heavy atom. The molecule has 0 radical (unpaired) electrons. The summed E-state index contributed by atoms with van der Waals surface area (Å²) < 4.78 is 6.80. The van der Waals surface area contributed by atoms with Crippen LogP contribution in [0.3, 0.4) is 0 Å². The number of carbonyl (C=O) groups is 1. The molecule has 1 aliphatic rings. The average molecular weight is 422 g/mol. The van der Waals surface area contributed by atoms with Crippen LogP contribution in [0.15, 0.2) is 66.7 Å². The lowest BCUT2D eigenvalue weighted by Crippen LogP contribution is -2.33. The number of cyclic esters (lactones) is 1. The topological polar surface area (TPSA) is 95.1 Å². The second kappa shape index (κ2) is 7.42. The van der Waals surface area contributed by atoms with Crippen LogP contribution in [0.5, 0.6) is 0 Å². The van der Waals surface area contributed by atoms with Gasteiger partial charge in [-0.3, -0.25) is 15.7 Å². The highest BCUT2D eigenvalue weighted by molar-refractivity contribution is 6.29. The zero-order valence-electron chi connectivity index (χ0n) is 16.5. The van der Waals surface area contributed by atoms with Crippen LogP contribution in [0, 0.1) is 10.8 Å². The molecule has 2 heterocycles. The number of nitrogens with zero attached hydrogens (tertiary/aromatic N) is 3. The molecule has 1 amide bonds. The number of halogens is 1. The summed E-state index contributed by atoms with van der Waals surface area (Å²) in [6.07, 6.45) is -0.420. The molecule has 8 heteroatoms. The van der Waals surface area contributed by atoms with E-state index in [1.54, 1.807) is 29.2 Å². The van der Waals surface area contributed by atoms with Crippen LogP contribution in [0.4, 0.5) is 10.5 Å². The first kappa shape index (κ1) is 19.8. The van der Waals surface area contributed by atoms with Crippen molar-refractivity contribution in [1.82, 2.24) is 9.78 Å². The summed E-state index contributed by atoms with van der Waals surface area (Å²) in [5, 5.41) is 20.5. The molecule has 0 bridgehead atoms. The van der Waals surface area contributed by atoms with Gasteiger partial charge in [-0.05, 0) is 55.8 Å². The van der Waals surface area contributed by atoms with Crippen LogP contribution >= 0.6 is 11.6 Å². The van der Waals surface area contributed by atoms with E-state index < -0.39 is 11.7 Å². The second-order valence-electron chi connectivity index (χ2n) is 7.50. The van der Waals surface area contributed by atoms with E-state index in [2.05, 4.69) is 5.10 Å². The van der Waals surface area contributed by atoms with Crippen molar-refractivity contribution >= 4 is 29.2 Å². The molecule has 4 rings (SSSR count). The van der Waals surface area contributed by atoms with E-state index in [1.165, 1.54) is 12.1 Å². The minimum atomic E-state index is -0.704. The van der Waals surface area contributed by atoms with Crippen LogP contribution in [0.2, 0.25) is 5.15 Å². The van der Waals surface area contributed by atoms with E-state index in [0.717, 1.165) is 10.2 Å². The van der Waals surface area contributed by atoms with Crippen LogP contribution in [0.25, 0.3) is 0 Å². The molecule has 2 N–H and O–H groups in total. The molecule has 1 aromatic heterocycles. The Bertz CT molecular complexity index is 1170. The third kappa shape index (κ3) is 3.48. The Labute approximate surface area is 178 Å². The number of amides is 1. The standard InChI is InChI=1S/C22H20ClN5O2/c1-22(2)19(14-6-4-3-5-7-14)27(21(29)30-22)16-10-8-15(9-11-16)20(25)28-18(24)13-12-17(23)26-28/h3-13,19,24-25H,1-2H3. The van der Waals surface area contributed by atoms with E-state index in [-0.39, 0.29) is 22.5 Å². The maximum atomic E-state index is 12.7. The van der Waals surface area contributed by atoms with Gasteiger partial charge in [0.25, 0.3) is 0 Å². The quantitative estimate of drug-likeness (QED) is 0.485. The Morgan fingerprint density at radius 1 is 1.07 bits per heavy atom. The van der Waals surface area contributed by atoms with Gasteiger partial charge in [0, 0.05) is 11.3 Å². The predicted octanol–water partition coefficient (Wildman–Crippen LogP) is 4.37. The van der Waals surface area contributed by atoms with Gasteiger partial charge >= 0.3 is 6.09 Å². The lowest BCUT2D eigenvalue weighted by molar-refractivity contribution is 0.0685. The van der Waals surface area contributed by atoms with Crippen LogP contribution < -0.4 is 10.4 Å². The van der Waals surface area contributed by atoms with Gasteiger partial charge in [0.05, 0.1) is 0 Å². The van der Waals surface area contributed by atoms with E-state index >= 15 is 0 Å². The Hall–Kier alpha value is -3.45. The first-order valence-corrected chi connectivity index (χ1v) is 9.73. The van der Waals surface area contributed by atoms with Gasteiger partial charge in [-0.15, -0.1) is 0 Å². The van der Waals surface area contributed by atoms with E-state index in [1.807, 2.05) is 44.2 Å². The molecule has 1 aliphatic heterocycles. The van der Waals surface area contributed by atoms with E-state index in [9.17, 15) is 4.79 Å². The summed E-state index contributed by atoms with van der Waals surface area (Å²) in [5.41, 5.74) is 1.51. The number of carbonyl (C=O) groups excluding carboxylic acids is 1. The summed E-state index contributed by atoms with van der Waals surface area (Å²) in [7, 11) is 0. The second-order valence-corrected chi connectivity index (χ2v) is 7.89. The largest absolute Gasteiger partial charge is 0.441 e. The predicted molar refractivity (Wildman–Crippen MR) is 114 cm³/mol. The van der Waals surface area contributed by atoms with Crippen molar-refractivity contribution in [3.05, 3.63) is 88.5 Å². The number of hydrogen-bond acceptors (Lipinski definition) is 5. The summed E-state index contributed by atoms with van der Waals surface area (Å²) in [4.78, 5) is 14.3. The highest BCUT2D eigenvalue weighted by atomic mass is 35.5. The van der Waals surface area contributed by atoms with Crippen molar-refractivity contribution in [1.29, 1.82) is 10.8 Å². The number of nitrogens with one attached hydrogen (secondary N) is 2. The molecule has 0 saturated carbocycles. The van der Waals surface area contributed by atoms with Crippen molar-refractivity contribution in [2.75, 3.05) is 4.90 Å². The number of rotatable bonds is 3. The number of anilines is 1. The third-order valence-corrected chi connectivity index (χ3v) is 5.21. The van der Waals surface area contributed by atoms with Crippen LogP contribution in [0.1, 0.15) is 31.0 Å². The minimum absolute atomic E-state index is 0.0120. The summed E-state index contributed by atoms with van der Waals surface area (Å²) in [5.74, 6) is 0.0120. The molecule has 3 aromatic rings. The first-order chi connectivity index (χ1) is 14.3. The molecule has 2 aromatic carbocycles. The van der Waals surface area contributed by atoms with Crippen molar-refractivity contribution in [3.63, 3.8) is 0 Å². The molecule has 152 valence electrons. The third-order valence-electron chi connectivity index (χ3n) is 5.01. The van der Waals surface area contributed by atoms with Gasteiger partial charge in [-0.2, -0.15) is 9.78 Å². The van der Waals surface area contributed by atoms with E-state index in [4.69, 9.17) is 27.2 Å². The maximum absolute atomic E-state index is 12.7. The van der Waals surface area contributed by atoms with Crippen molar-refractivity contribution in [2.45, 2.75) is 25.5 Å². The SMILES string of the molecule is CC1(C)OC(=O)N(c2ccc(C(=N)n3nc(Cl)ccc3=N)cc2)C1c1ccccc1. The molecule has 7 nitrogen and oxygen atoms in total. The zero-order chi connectivity index (χ0) is 21.5. The Balaban J connectivity index is 1.69. The number of aromatic nitrogens is 2. The minimum Gasteiger partial charge on any atom is -0.441 e. The molecule has 1 atom stereocenters. The monoisotopic (exact) mass is 421 g/mol.